The van der Waals surface area contributed by atoms with Crippen molar-refractivity contribution in [1.82, 2.24) is 0 Å². The number of hydrogen-bond donors (Lipinski definition) is 0. The molecule has 1 aromatic rings. The summed E-state index contributed by atoms with van der Waals surface area (Å²) in [6, 6.07) is 9.28. The molecule has 0 aromatic heterocycles. The van der Waals surface area contributed by atoms with Crippen molar-refractivity contribution in [2.45, 2.75) is 20.3 Å². The van der Waals surface area contributed by atoms with Crippen LogP contribution in [0.5, 0.6) is 0 Å². The molecule has 1 rings (SSSR count). The molecule has 0 N–H and O–H groups in total. The summed E-state index contributed by atoms with van der Waals surface area (Å²) in [5, 5.41) is 0. The van der Waals surface area contributed by atoms with Gasteiger partial charge in [-0.25, -0.2) is 4.79 Å². The summed E-state index contributed by atoms with van der Waals surface area (Å²) in [5.41, 5.74) is 1.62. The van der Waals surface area contributed by atoms with Crippen molar-refractivity contribution < 1.29 is 19.1 Å². The maximum Gasteiger partial charge on any atom is 0.338 e. The van der Waals surface area contributed by atoms with Crippen LogP contribution in [0.15, 0.2) is 48.6 Å². The Morgan fingerprint density at radius 3 is 2.29 bits per heavy atom. The molecule has 0 saturated carbocycles. The normalized spacial score (nSPS) is 10.9. The fourth-order valence-corrected chi connectivity index (χ4v) is 1.74. The lowest BCUT2D eigenvalue weighted by Gasteiger charge is -2.10. The van der Waals surface area contributed by atoms with Crippen molar-refractivity contribution in [2.75, 3.05) is 13.2 Å². The summed E-state index contributed by atoms with van der Waals surface area (Å²) in [6.07, 6.45) is 1.51. The van der Waals surface area contributed by atoms with Crippen LogP contribution in [0.25, 0.3) is 5.57 Å². The molecule has 1 aromatic carbocycles. The molecule has 4 heteroatoms. The van der Waals surface area contributed by atoms with Crippen LogP contribution in [0.1, 0.15) is 25.8 Å². The van der Waals surface area contributed by atoms with E-state index in [0.717, 1.165) is 5.56 Å². The van der Waals surface area contributed by atoms with Crippen molar-refractivity contribution in [2.24, 2.45) is 0 Å². The lowest BCUT2D eigenvalue weighted by Crippen LogP contribution is -2.10. The van der Waals surface area contributed by atoms with Crippen LogP contribution in [0.4, 0.5) is 0 Å². The van der Waals surface area contributed by atoms with E-state index in [1.165, 1.54) is 6.08 Å². The van der Waals surface area contributed by atoms with E-state index in [4.69, 9.17) is 9.47 Å². The molecule has 0 aliphatic carbocycles. The Hall–Kier alpha value is -2.36. The first kappa shape index (κ1) is 16.7. The summed E-state index contributed by atoms with van der Waals surface area (Å²) in [4.78, 5) is 23.5. The van der Waals surface area contributed by atoms with Gasteiger partial charge in [-0.15, -0.1) is 0 Å². The average Bonchev–Trinajstić information content (AvgIpc) is 2.48. The van der Waals surface area contributed by atoms with Gasteiger partial charge in [-0.05, 0) is 25.0 Å². The van der Waals surface area contributed by atoms with Crippen molar-refractivity contribution >= 4 is 17.5 Å². The Labute approximate surface area is 125 Å². The minimum atomic E-state index is -0.490. The highest BCUT2D eigenvalue weighted by Gasteiger charge is 2.16. The smallest absolute Gasteiger partial charge is 0.338 e. The van der Waals surface area contributed by atoms with Gasteiger partial charge in [-0.2, -0.15) is 0 Å². The van der Waals surface area contributed by atoms with E-state index in [9.17, 15) is 9.59 Å². The molecule has 0 aliphatic rings. The van der Waals surface area contributed by atoms with Crippen molar-refractivity contribution in [3.05, 3.63) is 54.1 Å². The van der Waals surface area contributed by atoms with Gasteiger partial charge in [-0.3, -0.25) is 4.79 Å². The van der Waals surface area contributed by atoms with Crippen LogP contribution in [0, 0.1) is 0 Å². The van der Waals surface area contributed by atoms with Gasteiger partial charge < -0.3 is 9.47 Å². The van der Waals surface area contributed by atoms with Crippen molar-refractivity contribution in [3.63, 3.8) is 0 Å². The maximum absolute atomic E-state index is 12.0. The second-order valence-corrected chi connectivity index (χ2v) is 4.19. The SMILES string of the molecule is C=C(C(=CCC(=O)OCC)C(=O)OCC)c1ccccc1. The fourth-order valence-electron chi connectivity index (χ4n) is 1.74. The highest BCUT2D eigenvalue weighted by Crippen LogP contribution is 2.22. The number of benzene rings is 1. The topological polar surface area (TPSA) is 52.6 Å². The van der Waals surface area contributed by atoms with Crippen LogP contribution >= 0.6 is 0 Å². The summed E-state index contributed by atoms with van der Waals surface area (Å²) in [7, 11) is 0. The first-order valence-corrected chi connectivity index (χ1v) is 6.87. The van der Waals surface area contributed by atoms with E-state index in [1.54, 1.807) is 13.8 Å². The molecule has 21 heavy (non-hydrogen) atoms. The molecular formula is C17H20O4. The van der Waals surface area contributed by atoms with Crippen LogP contribution in [-0.2, 0) is 19.1 Å². The highest BCUT2D eigenvalue weighted by molar-refractivity contribution is 6.06. The first-order chi connectivity index (χ1) is 10.1. The van der Waals surface area contributed by atoms with Gasteiger partial charge in [0.25, 0.3) is 0 Å². The molecule has 0 spiro atoms. The molecule has 0 fully saturated rings. The molecular weight excluding hydrogens is 268 g/mol. The number of carbonyl (C=O) groups is 2. The van der Waals surface area contributed by atoms with Gasteiger partial charge >= 0.3 is 11.9 Å². The molecule has 4 nitrogen and oxygen atoms in total. The zero-order chi connectivity index (χ0) is 15.7. The molecule has 0 unspecified atom stereocenters. The lowest BCUT2D eigenvalue weighted by atomic mass is 9.98. The molecule has 0 bridgehead atoms. The molecule has 0 saturated heterocycles. The van der Waals surface area contributed by atoms with Gasteiger partial charge in [-0.1, -0.05) is 43.0 Å². The number of esters is 2. The Bertz CT molecular complexity index is 529. The molecule has 0 amide bonds. The van der Waals surface area contributed by atoms with Gasteiger partial charge in [0.2, 0.25) is 0 Å². The van der Waals surface area contributed by atoms with Crippen LogP contribution in [-0.4, -0.2) is 25.2 Å². The Morgan fingerprint density at radius 2 is 1.71 bits per heavy atom. The summed E-state index contributed by atoms with van der Waals surface area (Å²) in [6.45, 7) is 7.96. The summed E-state index contributed by atoms with van der Waals surface area (Å²) < 4.78 is 9.87. The van der Waals surface area contributed by atoms with Crippen LogP contribution in [0.3, 0.4) is 0 Å². The minimum absolute atomic E-state index is 0.00778. The van der Waals surface area contributed by atoms with Crippen molar-refractivity contribution in [1.29, 1.82) is 0 Å². The third-order valence-electron chi connectivity index (χ3n) is 2.72. The number of rotatable bonds is 7. The molecule has 0 atom stereocenters. The largest absolute Gasteiger partial charge is 0.466 e. The van der Waals surface area contributed by atoms with Gasteiger partial charge in [0.1, 0.15) is 0 Å². The Balaban J connectivity index is 2.97. The standard InChI is InChI=1S/C17H20O4/c1-4-20-16(18)12-11-15(17(19)21-5-2)13(3)14-9-7-6-8-10-14/h6-11H,3-5,12H2,1-2H3. The zero-order valence-corrected chi connectivity index (χ0v) is 12.4. The molecule has 0 aliphatic heterocycles. The fraction of sp³-hybridized carbons (Fsp3) is 0.294. The molecule has 112 valence electrons. The lowest BCUT2D eigenvalue weighted by molar-refractivity contribution is -0.142. The predicted molar refractivity (Wildman–Crippen MR) is 81.4 cm³/mol. The monoisotopic (exact) mass is 288 g/mol. The Kier molecular flexibility index (Phi) is 6.95. The second-order valence-electron chi connectivity index (χ2n) is 4.19. The third-order valence-corrected chi connectivity index (χ3v) is 2.72. The van der Waals surface area contributed by atoms with Crippen LogP contribution in [0.2, 0.25) is 0 Å². The predicted octanol–water partition coefficient (Wildman–Crippen LogP) is 3.14. The number of ether oxygens (including phenoxy) is 2. The van der Waals surface area contributed by atoms with Gasteiger partial charge in [0.15, 0.2) is 0 Å². The second kappa shape index (κ2) is 8.74. The summed E-state index contributed by atoms with van der Waals surface area (Å²) >= 11 is 0. The van der Waals surface area contributed by atoms with E-state index in [0.29, 0.717) is 12.2 Å². The average molecular weight is 288 g/mol. The number of hydrogen-bond acceptors (Lipinski definition) is 4. The quantitative estimate of drug-likeness (QED) is 0.439. The van der Waals surface area contributed by atoms with Gasteiger partial charge in [0.05, 0.1) is 25.2 Å². The maximum atomic E-state index is 12.0. The zero-order valence-electron chi connectivity index (χ0n) is 12.4. The van der Waals surface area contributed by atoms with Gasteiger partial charge in [0, 0.05) is 0 Å². The van der Waals surface area contributed by atoms with Crippen LogP contribution < -0.4 is 0 Å². The highest BCUT2D eigenvalue weighted by atomic mass is 16.5. The molecule has 0 heterocycles. The van der Waals surface area contributed by atoms with E-state index in [-0.39, 0.29) is 24.6 Å². The van der Waals surface area contributed by atoms with E-state index in [1.807, 2.05) is 30.3 Å². The van der Waals surface area contributed by atoms with E-state index < -0.39 is 5.97 Å². The number of carbonyl (C=O) groups excluding carboxylic acids is 2. The van der Waals surface area contributed by atoms with E-state index >= 15 is 0 Å². The third kappa shape index (κ3) is 5.26. The first-order valence-electron chi connectivity index (χ1n) is 6.87. The minimum Gasteiger partial charge on any atom is -0.466 e. The Morgan fingerprint density at radius 1 is 1.10 bits per heavy atom. The van der Waals surface area contributed by atoms with E-state index in [2.05, 4.69) is 6.58 Å². The summed E-state index contributed by atoms with van der Waals surface area (Å²) in [5.74, 6) is -0.879. The molecule has 0 radical (unpaired) electrons. The van der Waals surface area contributed by atoms with Crippen molar-refractivity contribution in [3.8, 4) is 0 Å².